The van der Waals surface area contributed by atoms with E-state index in [1.165, 1.54) is 0 Å². The van der Waals surface area contributed by atoms with Gasteiger partial charge in [0.15, 0.2) is 0 Å². The summed E-state index contributed by atoms with van der Waals surface area (Å²) in [6, 6.07) is 8.16. The molecule has 1 unspecified atom stereocenters. The Hall–Kier alpha value is -2.89. The summed E-state index contributed by atoms with van der Waals surface area (Å²) < 4.78 is 0. The van der Waals surface area contributed by atoms with Crippen LogP contribution in [0, 0.1) is 6.92 Å². The number of carbonyl (C=O) groups excluding carboxylic acids is 1. The van der Waals surface area contributed by atoms with E-state index in [0.717, 1.165) is 45.1 Å². The molecule has 0 fully saturated rings. The smallest absolute Gasteiger partial charge is 0.253 e. The van der Waals surface area contributed by atoms with Crippen molar-refractivity contribution in [3.63, 3.8) is 0 Å². The van der Waals surface area contributed by atoms with Crippen molar-refractivity contribution >= 4 is 22.8 Å². The summed E-state index contributed by atoms with van der Waals surface area (Å²) in [5.74, 6) is 1.03. The Morgan fingerprint density at radius 2 is 2.04 bits per heavy atom. The van der Waals surface area contributed by atoms with E-state index in [1.54, 1.807) is 0 Å². The molecule has 4 rings (SSSR count). The Kier molecular flexibility index (Phi) is 3.90. The highest BCUT2D eigenvalue weighted by atomic mass is 16.1. The van der Waals surface area contributed by atoms with Crippen LogP contribution in [0.5, 0.6) is 0 Å². The lowest BCUT2D eigenvalue weighted by Crippen LogP contribution is -2.33. The number of aryl methyl sites for hydroxylation is 1. The Balaban J connectivity index is 1.89. The number of carbonyl (C=O) groups is 1. The van der Waals surface area contributed by atoms with Crippen molar-refractivity contribution in [2.24, 2.45) is 0 Å². The number of aromatic nitrogens is 3. The number of anilines is 1. The fourth-order valence-corrected chi connectivity index (χ4v) is 3.43. The van der Waals surface area contributed by atoms with Gasteiger partial charge in [-0.2, -0.15) is 0 Å². The molecule has 6 nitrogen and oxygen atoms in total. The van der Waals surface area contributed by atoms with E-state index < -0.39 is 0 Å². The first-order valence-corrected chi connectivity index (χ1v) is 8.99. The van der Waals surface area contributed by atoms with Crippen molar-refractivity contribution in [3.05, 3.63) is 41.2 Å². The Bertz CT molecular complexity index is 1000. The summed E-state index contributed by atoms with van der Waals surface area (Å²) in [4.78, 5) is 25.2. The number of amides is 1. The van der Waals surface area contributed by atoms with E-state index in [-0.39, 0.29) is 17.9 Å². The van der Waals surface area contributed by atoms with Crippen LogP contribution in [0.25, 0.3) is 22.3 Å². The second kappa shape index (κ2) is 6.12. The molecule has 2 aromatic heterocycles. The third kappa shape index (κ3) is 2.71. The molecule has 3 N–H and O–H groups in total. The van der Waals surface area contributed by atoms with E-state index in [9.17, 15) is 4.79 Å². The zero-order chi connectivity index (χ0) is 18.4. The minimum Gasteiger partial charge on any atom is -0.366 e. The van der Waals surface area contributed by atoms with Gasteiger partial charge in [-0.25, -0.2) is 9.97 Å². The van der Waals surface area contributed by atoms with Gasteiger partial charge in [-0.1, -0.05) is 19.1 Å². The maximum atomic E-state index is 12.2. The molecular formula is C20H23N5O. The van der Waals surface area contributed by atoms with Crippen LogP contribution in [0.4, 0.5) is 5.82 Å². The average molecular weight is 349 g/mol. The molecule has 0 aliphatic carbocycles. The fraction of sp³-hybridized carbons (Fsp3) is 0.350. The topological polar surface area (TPSA) is 82.7 Å². The van der Waals surface area contributed by atoms with E-state index in [2.05, 4.69) is 36.4 Å². The second-order valence-electron chi connectivity index (χ2n) is 7.25. The van der Waals surface area contributed by atoms with Crippen LogP contribution in [-0.2, 0) is 0 Å². The number of rotatable bonds is 3. The number of nitrogens with zero attached hydrogens (tertiary/aromatic N) is 2. The van der Waals surface area contributed by atoms with Crippen molar-refractivity contribution in [2.45, 2.75) is 39.7 Å². The van der Waals surface area contributed by atoms with Crippen LogP contribution < -0.4 is 10.6 Å². The number of aromatic amines is 1. The van der Waals surface area contributed by atoms with Gasteiger partial charge in [-0.05, 0) is 32.9 Å². The maximum Gasteiger partial charge on any atom is 0.253 e. The zero-order valence-corrected chi connectivity index (χ0v) is 15.5. The highest BCUT2D eigenvalue weighted by Gasteiger charge is 2.25. The Morgan fingerprint density at radius 3 is 2.77 bits per heavy atom. The van der Waals surface area contributed by atoms with E-state index in [0.29, 0.717) is 6.54 Å². The van der Waals surface area contributed by atoms with Gasteiger partial charge in [0.25, 0.3) is 5.91 Å². The molecule has 3 aromatic rings. The van der Waals surface area contributed by atoms with Gasteiger partial charge >= 0.3 is 0 Å². The standard InChI is InChI=1S/C20H23N5O/c1-10(2)22-19-12(4)23-15-7-5-6-13(18(15)25-19)16-8-14-17(24-16)11(3)9-21-20(14)26/h5-8,10-11,24H,9H2,1-4H3,(H,21,26)(H,22,25). The van der Waals surface area contributed by atoms with Crippen LogP contribution in [0.3, 0.4) is 0 Å². The maximum absolute atomic E-state index is 12.2. The van der Waals surface area contributed by atoms with Crippen LogP contribution in [-0.4, -0.2) is 33.4 Å². The van der Waals surface area contributed by atoms with Gasteiger partial charge in [-0.3, -0.25) is 4.79 Å². The molecule has 3 heterocycles. The van der Waals surface area contributed by atoms with Gasteiger partial charge in [0.1, 0.15) is 11.3 Å². The normalized spacial score (nSPS) is 16.7. The predicted molar refractivity (Wildman–Crippen MR) is 104 cm³/mol. The molecule has 1 aromatic carbocycles. The molecule has 0 radical (unpaired) electrons. The summed E-state index contributed by atoms with van der Waals surface area (Å²) in [5.41, 5.74) is 6.11. The minimum atomic E-state index is -0.0232. The molecule has 6 heteroatoms. The van der Waals surface area contributed by atoms with Crippen molar-refractivity contribution in [2.75, 3.05) is 11.9 Å². The molecule has 1 amide bonds. The van der Waals surface area contributed by atoms with Crippen molar-refractivity contribution < 1.29 is 4.79 Å². The number of nitrogens with one attached hydrogen (secondary N) is 3. The zero-order valence-electron chi connectivity index (χ0n) is 15.5. The summed E-state index contributed by atoms with van der Waals surface area (Å²) >= 11 is 0. The van der Waals surface area contributed by atoms with Crippen LogP contribution >= 0.6 is 0 Å². The van der Waals surface area contributed by atoms with Gasteiger partial charge in [-0.15, -0.1) is 0 Å². The van der Waals surface area contributed by atoms with Gasteiger partial charge < -0.3 is 15.6 Å². The van der Waals surface area contributed by atoms with Crippen LogP contribution in [0.15, 0.2) is 24.3 Å². The predicted octanol–water partition coefficient (Wildman–Crippen LogP) is 3.60. The number of benzene rings is 1. The average Bonchev–Trinajstić information content (AvgIpc) is 3.04. The molecule has 26 heavy (non-hydrogen) atoms. The monoisotopic (exact) mass is 349 g/mol. The number of fused-ring (bicyclic) bond motifs is 2. The van der Waals surface area contributed by atoms with Crippen molar-refractivity contribution in [3.8, 4) is 11.3 Å². The first-order valence-electron chi connectivity index (χ1n) is 8.99. The molecule has 0 bridgehead atoms. The number of hydrogen-bond donors (Lipinski definition) is 3. The van der Waals surface area contributed by atoms with E-state index in [4.69, 9.17) is 9.97 Å². The SMILES string of the molecule is Cc1nc2cccc(-c3cc4c([nH]3)C(C)CNC4=O)c2nc1NC(C)C. The lowest BCUT2D eigenvalue weighted by Gasteiger charge is -2.18. The highest BCUT2D eigenvalue weighted by Crippen LogP contribution is 2.32. The third-order valence-corrected chi connectivity index (χ3v) is 4.74. The van der Waals surface area contributed by atoms with Crippen molar-refractivity contribution in [1.29, 1.82) is 0 Å². The third-order valence-electron chi connectivity index (χ3n) is 4.74. The number of hydrogen-bond acceptors (Lipinski definition) is 4. The molecular weight excluding hydrogens is 326 g/mol. The molecule has 0 saturated carbocycles. The summed E-state index contributed by atoms with van der Waals surface area (Å²) in [6.45, 7) is 8.88. The van der Waals surface area contributed by atoms with Gasteiger partial charge in [0.2, 0.25) is 0 Å². The molecule has 1 atom stereocenters. The van der Waals surface area contributed by atoms with Gasteiger partial charge in [0, 0.05) is 35.5 Å². The van der Waals surface area contributed by atoms with Gasteiger partial charge in [0.05, 0.1) is 16.8 Å². The Labute approximate surface area is 152 Å². The highest BCUT2D eigenvalue weighted by molar-refractivity contribution is 6.00. The molecule has 134 valence electrons. The number of para-hydroxylation sites is 1. The molecule has 0 spiro atoms. The van der Waals surface area contributed by atoms with Crippen LogP contribution in [0.1, 0.15) is 48.4 Å². The first-order chi connectivity index (χ1) is 12.4. The van der Waals surface area contributed by atoms with Crippen LogP contribution in [0.2, 0.25) is 0 Å². The number of H-pyrrole nitrogens is 1. The summed E-state index contributed by atoms with van der Waals surface area (Å²) in [7, 11) is 0. The largest absolute Gasteiger partial charge is 0.366 e. The summed E-state index contributed by atoms with van der Waals surface area (Å²) in [6.07, 6.45) is 0. The first kappa shape index (κ1) is 16.6. The fourth-order valence-electron chi connectivity index (χ4n) is 3.43. The van der Waals surface area contributed by atoms with Crippen molar-refractivity contribution in [1.82, 2.24) is 20.3 Å². The Morgan fingerprint density at radius 1 is 1.23 bits per heavy atom. The molecule has 1 aliphatic rings. The second-order valence-corrected chi connectivity index (χ2v) is 7.25. The van der Waals surface area contributed by atoms with E-state index in [1.807, 2.05) is 31.2 Å². The molecule has 1 aliphatic heterocycles. The minimum absolute atomic E-state index is 0.0232. The lowest BCUT2D eigenvalue weighted by molar-refractivity contribution is 0.0941. The summed E-state index contributed by atoms with van der Waals surface area (Å²) in [5, 5.41) is 6.29. The molecule has 0 saturated heterocycles. The lowest BCUT2D eigenvalue weighted by atomic mass is 9.99. The quantitative estimate of drug-likeness (QED) is 0.675. The van der Waals surface area contributed by atoms with E-state index >= 15 is 0 Å².